The number of non-ortho nitro benzene ring substituents is 1. The molecule has 0 N–H and O–H groups in total. The summed E-state index contributed by atoms with van der Waals surface area (Å²) in [6.45, 7) is 4.22. The van der Waals surface area contributed by atoms with Gasteiger partial charge in [0.1, 0.15) is 5.75 Å². The van der Waals surface area contributed by atoms with Gasteiger partial charge in [-0.25, -0.2) is 4.98 Å². The maximum atomic E-state index is 10.8. The molecule has 0 fully saturated rings. The lowest BCUT2D eigenvalue weighted by Crippen LogP contribution is -2.25. The van der Waals surface area contributed by atoms with Crippen molar-refractivity contribution >= 4 is 27.8 Å². The second kappa shape index (κ2) is 7.53. The molecule has 0 saturated carbocycles. The zero-order valence-electron chi connectivity index (χ0n) is 14.7. The molecule has 0 aliphatic rings. The monoisotopic (exact) mass is 369 g/mol. The summed E-state index contributed by atoms with van der Waals surface area (Å²) in [7, 11) is 1.65. The molecule has 6 nitrogen and oxygen atoms in total. The number of aromatic nitrogens is 1. The van der Waals surface area contributed by atoms with E-state index in [1.54, 1.807) is 30.6 Å². The number of hydrogen-bond donors (Lipinski definition) is 0. The number of ether oxygens (including phenoxy) is 1. The van der Waals surface area contributed by atoms with Crippen LogP contribution in [-0.2, 0) is 0 Å². The van der Waals surface area contributed by atoms with Crippen molar-refractivity contribution in [2.45, 2.75) is 19.9 Å². The standard InChI is InChI=1S/C19H19N3O3S/c1-13(2)21(15-8-10-17(25-3)11-9-15)19-20-18(12-26-19)14-4-6-16(7-5-14)22(23)24/h4-13H,1-3H3. The van der Waals surface area contributed by atoms with Crippen molar-refractivity contribution in [1.82, 2.24) is 4.98 Å². The van der Waals surface area contributed by atoms with Gasteiger partial charge in [-0.15, -0.1) is 11.3 Å². The molecule has 0 spiro atoms. The van der Waals surface area contributed by atoms with E-state index >= 15 is 0 Å². The summed E-state index contributed by atoms with van der Waals surface area (Å²) in [6, 6.07) is 14.5. The number of nitro groups is 1. The molecule has 3 rings (SSSR count). The average molecular weight is 369 g/mol. The van der Waals surface area contributed by atoms with Gasteiger partial charge >= 0.3 is 0 Å². The summed E-state index contributed by atoms with van der Waals surface area (Å²) in [6.07, 6.45) is 0. The van der Waals surface area contributed by atoms with Crippen molar-refractivity contribution < 1.29 is 9.66 Å². The van der Waals surface area contributed by atoms with Gasteiger partial charge in [0.2, 0.25) is 0 Å². The summed E-state index contributed by atoms with van der Waals surface area (Å²) in [5, 5.41) is 13.6. The molecule has 0 amide bonds. The topological polar surface area (TPSA) is 68.5 Å². The molecule has 0 bridgehead atoms. The Morgan fingerprint density at radius 1 is 1.12 bits per heavy atom. The third-order valence-corrected chi connectivity index (χ3v) is 4.78. The van der Waals surface area contributed by atoms with Crippen molar-refractivity contribution in [3.8, 4) is 17.0 Å². The molecular formula is C19H19N3O3S. The van der Waals surface area contributed by atoms with E-state index in [0.717, 1.165) is 27.8 Å². The van der Waals surface area contributed by atoms with E-state index in [2.05, 4.69) is 18.7 Å². The van der Waals surface area contributed by atoms with Gasteiger partial charge in [-0.1, -0.05) is 0 Å². The van der Waals surface area contributed by atoms with Crippen LogP contribution >= 0.6 is 11.3 Å². The minimum absolute atomic E-state index is 0.0752. The molecule has 7 heteroatoms. The van der Waals surface area contributed by atoms with Crippen LogP contribution in [0.2, 0.25) is 0 Å². The molecule has 2 aromatic carbocycles. The van der Waals surface area contributed by atoms with Gasteiger partial charge in [0.25, 0.3) is 5.69 Å². The van der Waals surface area contributed by atoms with Crippen LogP contribution < -0.4 is 9.64 Å². The van der Waals surface area contributed by atoms with E-state index in [9.17, 15) is 10.1 Å². The molecule has 3 aromatic rings. The highest BCUT2D eigenvalue weighted by Gasteiger charge is 2.18. The minimum Gasteiger partial charge on any atom is -0.497 e. The van der Waals surface area contributed by atoms with E-state index in [1.165, 1.54) is 12.1 Å². The Hall–Kier alpha value is -2.93. The number of anilines is 2. The normalized spacial score (nSPS) is 10.8. The quantitative estimate of drug-likeness (QED) is 0.437. The highest BCUT2D eigenvalue weighted by Crippen LogP contribution is 2.34. The number of nitrogens with zero attached hydrogens (tertiary/aromatic N) is 3. The Balaban J connectivity index is 1.90. The summed E-state index contributed by atoms with van der Waals surface area (Å²) >= 11 is 1.55. The third kappa shape index (κ3) is 3.67. The molecule has 134 valence electrons. The summed E-state index contributed by atoms with van der Waals surface area (Å²) in [5.74, 6) is 0.808. The molecule has 1 aromatic heterocycles. The summed E-state index contributed by atoms with van der Waals surface area (Å²) in [5.41, 5.74) is 2.77. The molecular weight excluding hydrogens is 350 g/mol. The van der Waals surface area contributed by atoms with Crippen LogP contribution in [0.4, 0.5) is 16.5 Å². The highest BCUT2D eigenvalue weighted by molar-refractivity contribution is 7.14. The number of rotatable bonds is 6. The number of benzene rings is 2. The fraction of sp³-hybridized carbons (Fsp3) is 0.211. The highest BCUT2D eigenvalue weighted by atomic mass is 32.1. The van der Waals surface area contributed by atoms with E-state index in [-0.39, 0.29) is 11.7 Å². The molecule has 0 unspecified atom stereocenters. The van der Waals surface area contributed by atoms with E-state index < -0.39 is 4.92 Å². The van der Waals surface area contributed by atoms with Gasteiger partial charge in [0, 0.05) is 34.8 Å². The predicted octanol–water partition coefficient (Wildman–Crippen LogP) is 5.27. The van der Waals surface area contributed by atoms with Gasteiger partial charge < -0.3 is 9.64 Å². The lowest BCUT2D eigenvalue weighted by atomic mass is 10.1. The fourth-order valence-electron chi connectivity index (χ4n) is 2.63. The zero-order chi connectivity index (χ0) is 18.7. The van der Waals surface area contributed by atoms with Crippen LogP contribution in [0.15, 0.2) is 53.9 Å². The predicted molar refractivity (Wildman–Crippen MR) is 104 cm³/mol. The maximum Gasteiger partial charge on any atom is 0.269 e. The zero-order valence-corrected chi connectivity index (χ0v) is 15.6. The molecule has 0 aliphatic heterocycles. The smallest absolute Gasteiger partial charge is 0.269 e. The Morgan fingerprint density at radius 3 is 2.31 bits per heavy atom. The van der Waals surface area contributed by atoms with Gasteiger partial charge in [0.05, 0.1) is 17.7 Å². The van der Waals surface area contributed by atoms with Gasteiger partial charge in [-0.05, 0) is 50.2 Å². The molecule has 0 saturated heterocycles. The largest absolute Gasteiger partial charge is 0.497 e. The molecule has 0 radical (unpaired) electrons. The first-order chi connectivity index (χ1) is 12.5. The van der Waals surface area contributed by atoms with Gasteiger partial charge in [-0.2, -0.15) is 0 Å². The molecule has 26 heavy (non-hydrogen) atoms. The summed E-state index contributed by atoms with van der Waals surface area (Å²) in [4.78, 5) is 17.3. The van der Waals surface area contributed by atoms with Crippen LogP contribution in [0.25, 0.3) is 11.3 Å². The molecule has 0 aliphatic carbocycles. The summed E-state index contributed by atoms with van der Waals surface area (Å²) < 4.78 is 5.22. The van der Waals surface area contributed by atoms with Gasteiger partial charge in [0.15, 0.2) is 5.13 Å². The first-order valence-electron chi connectivity index (χ1n) is 8.13. The number of nitro benzene ring substituents is 1. The fourth-order valence-corrected chi connectivity index (χ4v) is 3.62. The van der Waals surface area contributed by atoms with Crippen molar-refractivity contribution in [3.05, 3.63) is 64.0 Å². The number of methoxy groups -OCH3 is 1. The lowest BCUT2D eigenvalue weighted by molar-refractivity contribution is -0.384. The Kier molecular flexibility index (Phi) is 5.18. The third-order valence-electron chi connectivity index (χ3n) is 3.94. The van der Waals surface area contributed by atoms with Crippen LogP contribution in [-0.4, -0.2) is 23.1 Å². The van der Waals surface area contributed by atoms with E-state index in [0.29, 0.717) is 0 Å². The first-order valence-corrected chi connectivity index (χ1v) is 9.01. The second-order valence-corrected chi connectivity index (χ2v) is 6.82. The maximum absolute atomic E-state index is 10.8. The van der Waals surface area contributed by atoms with E-state index in [1.807, 2.05) is 29.6 Å². The van der Waals surface area contributed by atoms with Crippen LogP contribution in [0.3, 0.4) is 0 Å². The van der Waals surface area contributed by atoms with Crippen molar-refractivity contribution in [2.24, 2.45) is 0 Å². The Morgan fingerprint density at radius 2 is 1.77 bits per heavy atom. The minimum atomic E-state index is -0.402. The number of thiazole rings is 1. The SMILES string of the molecule is COc1ccc(N(c2nc(-c3ccc([N+](=O)[O-])cc3)cs2)C(C)C)cc1. The van der Waals surface area contributed by atoms with Gasteiger partial charge in [-0.3, -0.25) is 10.1 Å². The van der Waals surface area contributed by atoms with Crippen molar-refractivity contribution in [3.63, 3.8) is 0 Å². The second-order valence-electron chi connectivity index (χ2n) is 5.98. The Labute approximate surface area is 155 Å². The van der Waals surface area contributed by atoms with Crippen LogP contribution in [0.1, 0.15) is 13.8 Å². The Bertz CT molecular complexity index is 889. The van der Waals surface area contributed by atoms with Crippen molar-refractivity contribution in [1.29, 1.82) is 0 Å². The van der Waals surface area contributed by atoms with Crippen molar-refractivity contribution in [2.75, 3.05) is 12.0 Å². The lowest BCUT2D eigenvalue weighted by Gasteiger charge is -2.26. The first kappa shape index (κ1) is 17.9. The van der Waals surface area contributed by atoms with E-state index in [4.69, 9.17) is 9.72 Å². The molecule has 1 heterocycles. The average Bonchev–Trinajstić information content (AvgIpc) is 3.12. The molecule has 0 atom stereocenters. The number of hydrogen-bond acceptors (Lipinski definition) is 6. The van der Waals surface area contributed by atoms with Crippen LogP contribution in [0, 0.1) is 10.1 Å². The van der Waals surface area contributed by atoms with Crippen LogP contribution in [0.5, 0.6) is 5.75 Å².